The van der Waals surface area contributed by atoms with Crippen LogP contribution in [0.3, 0.4) is 0 Å². The largest absolute Gasteiger partial charge is 0.411 e. The molecule has 19 heavy (non-hydrogen) atoms. The second-order valence-electron chi connectivity index (χ2n) is 4.62. The molecule has 0 aromatic heterocycles. The lowest BCUT2D eigenvalue weighted by atomic mass is 9.97. The average molecular weight is 393 g/mol. The minimum Gasteiger partial charge on any atom is -0.411 e. The van der Waals surface area contributed by atoms with Gasteiger partial charge >= 0.3 is 0 Å². The third-order valence-electron chi connectivity index (χ3n) is 3.28. The number of carbonyl (C=O) groups excluding carboxylic acids is 1. The van der Waals surface area contributed by atoms with E-state index in [4.69, 9.17) is 16.8 Å². The van der Waals surface area contributed by atoms with Gasteiger partial charge < -0.3 is 10.1 Å². The van der Waals surface area contributed by atoms with Gasteiger partial charge in [-0.2, -0.15) is 0 Å². The molecule has 0 bridgehead atoms. The molecule has 0 spiro atoms. The molecule has 1 heterocycles. The molecule has 1 atom stereocenters. The fraction of sp³-hybridized carbons (Fsp3) is 0.385. The molecule has 1 fully saturated rings. The Labute approximate surface area is 130 Å². The Hall–Kier alpha value is -0.820. The lowest BCUT2D eigenvalue weighted by Gasteiger charge is -2.31. The predicted molar refractivity (Wildman–Crippen MR) is 83.1 cm³/mol. The van der Waals surface area contributed by atoms with Crippen LogP contribution >= 0.6 is 34.2 Å². The molecule has 4 nitrogen and oxygen atoms in total. The summed E-state index contributed by atoms with van der Waals surface area (Å²) in [6, 6.07) is 5.33. The number of likely N-dealkylation sites (tertiary alicyclic amines) is 1. The Morgan fingerprint density at radius 2 is 2.32 bits per heavy atom. The van der Waals surface area contributed by atoms with Gasteiger partial charge in [-0.05, 0) is 40.8 Å². The normalized spacial score (nSPS) is 21.7. The van der Waals surface area contributed by atoms with Gasteiger partial charge in [0, 0.05) is 34.6 Å². The lowest BCUT2D eigenvalue weighted by molar-refractivity contribution is 0.0734. The summed E-state index contributed by atoms with van der Waals surface area (Å²) in [4.78, 5) is 14.1. The number of hydrogen-bond donors (Lipinski definition) is 1. The molecule has 1 saturated heterocycles. The van der Waals surface area contributed by atoms with Crippen LogP contribution in [-0.2, 0) is 0 Å². The van der Waals surface area contributed by atoms with Crippen molar-refractivity contribution in [2.24, 2.45) is 11.1 Å². The van der Waals surface area contributed by atoms with Gasteiger partial charge in [0.15, 0.2) is 0 Å². The van der Waals surface area contributed by atoms with E-state index in [1.165, 1.54) is 0 Å². The molecule has 6 heteroatoms. The first-order valence-electron chi connectivity index (χ1n) is 5.98. The first kappa shape index (κ1) is 14.6. The van der Waals surface area contributed by atoms with Gasteiger partial charge in [-0.3, -0.25) is 4.79 Å². The number of halogens is 2. The number of nitrogens with zero attached hydrogens (tertiary/aromatic N) is 2. The molecule has 1 aromatic carbocycles. The molecule has 1 aliphatic rings. The van der Waals surface area contributed by atoms with E-state index in [1.807, 2.05) is 13.0 Å². The fourth-order valence-electron chi connectivity index (χ4n) is 2.17. The number of oxime groups is 1. The molecule has 1 amide bonds. The molecule has 2 rings (SSSR count). The maximum atomic E-state index is 12.4. The minimum absolute atomic E-state index is 0.0258. The van der Waals surface area contributed by atoms with Crippen molar-refractivity contribution in [3.63, 3.8) is 0 Å². The molecule has 1 N–H and O–H groups in total. The maximum absolute atomic E-state index is 12.4. The van der Waals surface area contributed by atoms with Crippen LogP contribution in [0.15, 0.2) is 23.4 Å². The summed E-state index contributed by atoms with van der Waals surface area (Å²) in [7, 11) is 0. The number of rotatable bonds is 1. The minimum atomic E-state index is -0.0258. The van der Waals surface area contributed by atoms with Crippen LogP contribution in [-0.4, -0.2) is 34.8 Å². The number of amides is 1. The highest BCUT2D eigenvalue weighted by Gasteiger charge is 2.26. The van der Waals surface area contributed by atoms with Crippen LogP contribution < -0.4 is 0 Å². The molecule has 1 aromatic rings. The van der Waals surface area contributed by atoms with E-state index in [0.717, 1.165) is 9.28 Å². The van der Waals surface area contributed by atoms with Gasteiger partial charge in [-0.15, -0.1) is 0 Å². The van der Waals surface area contributed by atoms with Gasteiger partial charge in [0.1, 0.15) is 0 Å². The Kier molecular flexibility index (Phi) is 4.67. The Morgan fingerprint density at radius 3 is 2.89 bits per heavy atom. The molecule has 0 radical (unpaired) electrons. The van der Waals surface area contributed by atoms with Gasteiger partial charge in [0.25, 0.3) is 5.91 Å². The highest BCUT2D eigenvalue weighted by atomic mass is 127. The van der Waals surface area contributed by atoms with Crippen molar-refractivity contribution in [3.8, 4) is 0 Å². The first-order chi connectivity index (χ1) is 9.02. The smallest absolute Gasteiger partial charge is 0.253 e. The van der Waals surface area contributed by atoms with Gasteiger partial charge in [-0.25, -0.2) is 0 Å². The Morgan fingerprint density at radius 1 is 1.58 bits per heavy atom. The van der Waals surface area contributed by atoms with Crippen molar-refractivity contribution >= 4 is 45.8 Å². The molecule has 1 aliphatic heterocycles. The fourth-order valence-corrected chi connectivity index (χ4v) is 2.68. The molecular formula is C13H14ClIN2O2. The van der Waals surface area contributed by atoms with E-state index >= 15 is 0 Å². The van der Waals surface area contributed by atoms with Crippen LogP contribution in [0, 0.1) is 9.49 Å². The standard InChI is InChI=1S/C13H14ClIN2O2/c1-8-7-17(5-4-12(8)16-19)13(18)9-2-3-11(15)10(14)6-9/h2-3,6,8,19H,4-5,7H2,1H3/b16-12+. The van der Waals surface area contributed by atoms with E-state index in [2.05, 4.69) is 27.7 Å². The Bertz CT molecular complexity index is 533. The zero-order chi connectivity index (χ0) is 14.0. The summed E-state index contributed by atoms with van der Waals surface area (Å²) in [5.74, 6) is 0.0594. The SMILES string of the molecule is CC1CN(C(=O)c2ccc(I)c(Cl)c2)CC/C1=N\O. The van der Waals surface area contributed by atoms with Crippen molar-refractivity contribution in [1.82, 2.24) is 4.90 Å². The lowest BCUT2D eigenvalue weighted by Crippen LogP contribution is -2.43. The van der Waals surface area contributed by atoms with Gasteiger partial charge in [0.05, 0.1) is 10.7 Å². The topological polar surface area (TPSA) is 52.9 Å². The second kappa shape index (κ2) is 6.09. The summed E-state index contributed by atoms with van der Waals surface area (Å²) in [5.41, 5.74) is 1.35. The summed E-state index contributed by atoms with van der Waals surface area (Å²) >= 11 is 8.17. The second-order valence-corrected chi connectivity index (χ2v) is 6.19. The van der Waals surface area contributed by atoms with E-state index in [1.54, 1.807) is 17.0 Å². The first-order valence-corrected chi connectivity index (χ1v) is 7.43. The number of hydrogen-bond acceptors (Lipinski definition) is 3. The Balaban J connectivity index is 2.14. The van der Waals surface area contributed by atoms with Crippen LogP contribution in [0.4, 0.5) is 0 Å². The summed E-state index contributed by atoms with van der Waals surface area (Å²) in [6.07, 6.45) is 0.613. The van der Waals surface area contributed by atoms with Gasteiger partial charge in [0.2, 0.25) is 0 Å². The van der Waals surface area contributed by atoms with E-state index in [-0.39, 0.29) is 11.8 Å². The van der Waals surface area contributed by atoms with Crippen molar-refractivity contribution < 1.29 is 10.0 Å². The monoisotopic (exact) mass is 392 g/mol. The predicted octanol–water partition coefficient (Wildman–Crippen LogP) is 3.26. The average Bonchev–Trinajstić information content (AvgIpc) is 2.41. The van der Waals surface area contributed by atoms with E-state index in [9.17, 15) is 4.79 Å². The zero-order valence-corrected chi connectivity index (χ0v) is 13.3. The highest BCUT2D eigenvalue weighted by molar-refractivity contribution is 14.1. The summed E-state index contributed by atoms with van der Waals surface area (Å²) in [6.45, 7) is 3.10. The molecular weight excluding hydrogens is 379 g/mol. The quantitative estimate of drug-likeness (QED) is 0.453. The van der Waals surface area contributed by atoms with Gasteiger partial charge in [-0.1, -0.05) is 23.7 Å². The van der Waals surface area contributed by atoms with E-state index < -0.39 is 0 Å². The van der Waals surface area contributed by atoms with Crippen molar-refractivity contribution in [2.75, 3.05) is 13.1 Å². The molecule has 102 valence electrons. The number of carbonyl (C=O) groups is 1. The highest BCUT2D eigenvalue weighted by Crippen LogP contribution is 2.22. The molecule has 1 unspecified atom stereocenters. The van der Waals surface area contributed by atoms with Crippen LogP contribution in [0.2, 0.25) is 5.02 Å². The number of benzene rings is 1. The number of piperidine rings is 1. The van der Waals surface area contributed by atoms with E-state index in [0.29, 0.717) is 30.1 Å². The third-order valence-corrected chi connectivity index (χ3v) is 4.86. The summed E-state index contributed by atoms with van der Waals surface area (Å²) < 4.78 is 0.928. The van der Waals surface area contributed by atoms with Crippen LogP contribution in [0.25, 0.3) is 0 Å². The van der Waals surface area contributed by atoms with Crippen LogP contribution in [0.1, 0.15) is 23.7 Å². The van der Waals surface area contributed by atoms with Crippen LogP contribution in [0.5, 0.6) is 0 Å². The zero-order valence-electron chi connectivity index (χ0n) is 10.4. The van der Waals surface area contributed by atoms with Crippen molar-refractivity contribution in [2.45, 2.75) is 13.3 Å². The molecule has 0 aliphatic carbocycles. The summed E-state index contributed by atoms with van der Waals surface area (Å²) in [5, 5.41) is 12.7. The molecule has 0 saturated carbocycles. The van der Waals surface area contributed by atoms with Crippen molar-refractivity contribution in [3.05, 3.63) is 32.4 Å². The third kappa shape index (κ3) is 3.20. The van der Waals surface area contributed by atoms with Crippen molar-refractivity contribution in [1.29, 1.82) is 0 Å². The maximum Gasteiger partial charge on any atom is 0.253 e.